The van der Waals surface area contributed by atoms with Crippen molar-refractivity contribution in [3.8, 4) is 11.5 Å². The maximum Gasteiger partial charge on any atom is 0.262 e. The highest BCUT2D eigenvalue weighted by molar-refractivity contribution is 5.95. The minimum absolute atomic E-state index is 0.0421. The van der Waals surface area contributed by atoms with Gasteiger partial charge in [-0.2, -0.15) is 4.98 Å². The van der Waals surface area contributed by atoms with Crippen molar-refractivity contribution in [2.24, 2.45) is 0 Å². The van der Waals surface area contributed by atoms with Crippen LogP contribution in [0.4, 0.5) is 33.2 Å². The summed E-state index contributed by atoms with van der Waals surface area (Å²) in [6.45, 7) is -0.0541. The number of aromatic nitrogens is 2. The van der Waals surface area contributed by atoms with E-state index in [0.717, 1.165) is 6.20 Å². The lowest BCUT2D eigenvalue weighted by Gasteiger charge is -2.18. The van der Waals surface area contributed by atoms with Crippen molar-refractivity contribution in [3.63, 3.8) is 0 Å². The number of benzene rings is 2. The van der Waals surface area contributed by atoms with E-state index in [2.05, 4.69) is 25.9 Å². The Morgan fingerprint density at radius 2 is 2.00 bits per heavy atom. The van der Waals surface area contributed by atoms with Crippen LogP contribution in [-0.4, -0.2) is 27.6 Å². The third-order valence-electron chi connectivity index (χ3n) is 3.72. The molecule has 2 heterocycles. The van der Waals surface area contributed by atoms with Gasteiger partial charge in [-0.25, -0.2) is 9.37 Å². The Hall–Kier alpha value is -3.88. The summed E-state index contributed by atoms with van der Waals surface area (Å²) in [5.74, 6) is -0.166. The van der Waals surface area contributed by atoms with E-state index in [1.807, 2.05) is 0 Å². The van der Waals surface area contributed by atoms with Crippen molar-refractivity contribution in [3.05, 3.63) is 54.5 Å². The van der Waals surface area contributed by atoms with Gasteiger partial charge in [0.25, 0.3) is 5.91 Å². The molecule has 4 rings (SSSR count). The number of hydrogen-bond acceptors (Lipinski definition) is 7. The first-order chi connectivity index (χ1) is 13.1. The number of aromatic hydroxyl groups is 1. The van der Waals surface area contributed by atoms with Crippen LogP contribution in [0.2, 0.25) is 0 Å². The van der Waals surface area contributed by atoms with Gasteiger partial charge in [-0.05, 0) is 24.3 Å². The molecular weight excluding hydrogens is 353 g/mol. The first kappa shape index (κ1) is 16.6. The van der Waals surface area contributed by atoms with Crippen LogP contribution in [0.25, 0.3) is 0 Å². The number of carbonyl (C=O) groups excluding carboxylic acids is 1. The second kappa shape index (κ2) is 6.79. The van der Waals surface area contributed by atoms with Gasteiger partial charge in [0, 0.05) is 23.5 Å². The molecule has 9 heteroatoms. The first-order valence-electron chi connectivity index (χ1n) is 7.99. The molecule has 27 heavy (non-hydrogen) atoms. The molecule has 0 atom stereocenters. The highest BCUT2D eigenvalue weighted by atomic mass is 19.1. The monoisotopic (exact) mass is 367 g/mol. The number of nitrogens with zero attached hydrogens (tertiary/aromatic N) is 2. The van der Waals surface area contributed by atoms with Crippen LogP contribution in [0.15, 0.2) is 48.7 Å². The Balaban J connectivity index is 1.55. The lowest BCUT2D eigenvalue weighted by Crippen LogP contribution is -2.25. The topological polar surface area (TPSA) is 108 Å². The van der Waals surface area contributed by atoms with Crippen molar-refractivity contribution < 1.29 is 19.0 Å². The van der Waals surface area contributed by atoms with E-state index in [4.69, 9.17) is 4.74 Å². The molecule has 0 spiro atoms. The fraction of sp³-hybridized carbons (Fsp3) is 0.0556. The lowest BCUT2D eigenvalue weighted by atomic mass is 10.2. The molecule has 3 aromatic rings. The van der Waals surface area contributed by atoms with E-state index >= 15 is 0 Å². The number of phenolic OH excluding ortho intramolecular Hbond substituents is 1. The number of rotatable bonds is 4. The minimum atomic E-state index is -0.639. The van der Waals surface area contributed by atoms with Gasteiger partial charge in [0.1, 0.15) is 11.5 Å². The number of nitrogens with one attached hydrogen (secondary N) is 3. The Morgan fingerprint density at radius 1 is 1.15 bits per heavy atom. The maximum absolute atomic E-state index is 14.0. The van der Waals surface area contributed by atoms with Crippen LogP contribution in [0.1, 0.15) is 0 Å². The fourth-order valence-electron chi connectivity index (χ4n) is 2.52. The molecule has 4 N–H and O–H groups in total. The van der Waals surface area contributed by atoms with Crippen molar-refractivity contribution in [1.29, 1.82) is 0 Å². The highest BCUT2D eigenvalue weighted by Crippen LogP contribution is 2.31. The Bertz CT molecular complexity index is 1030. The largest absolute Gasteiger partial charge is 0.508 e. The lowest BCUT2D eigenvalue weighted by molar-refractivity contribution is -0.118. The van der Waals surface area contributed by atoms with Gasteiger partial charge < -0.3 is 25.8 Å². The van der Waals surface area contributed by atoms with Gasteiger partial charge in [0.05, 0.1) is 11.9 Å². The second-order valence-corrected chi connectivity index (χ2v) is 5.74. The van der Waals surface area contributed by atoms with Gasteiger partial charge in [0.2, 0.25) is 5.95 Å². The summed E-state index contributed by atoms with van der Waals surface area (Å²) in [7, 11) is 0. The number of phenols is 1. The highest BCUT2D eigenvalue weighted by Gasteiger charge is 2.16. The third-order valence-corrected chi connectivity index (χ3v) is 3.72. The Morgan fingerprint density at radius 3 is 2.85 bits per heavy atom. The van der Waals surface area contributed by atoms with Crippen LogP contribution in [-0.2, 0) is 4.79 Å². The molecule has 8 nitrogen and oxygen atoms in total. The molecule has 0 unspecified atom stereocenters. The van der Waals surface area contributed by atoms with E-state index in [1.54, 1.807) is 30.3 Å². The van der Waals surface area contributed by atoms with Gasteiger partial charge in [-0.1, -0.05) is 6.07 Å². The van der Waals surface area contributed by atoms with Crippen molar-refractivity contribution in [2.75, 3.05) is 22.6 Å². The van der Waals surface area contributed by atoms with E-state index in [1.165, 1.54) is 12.1 Å². The van der Waals surface area contributed by atoms with E-state index in [-0.39, 0.29) is 30.0 Å². The summed E-state index contributed by atoms with van der Waals surface area (Å²) in [4.78, 5) is 19.3. The predicted octanol–water partition coefficient (Wildman–Crippen LogP) is 3.14. The molecule has 0 saturated heterocycles. The van der Waals surface area contributed by atoms with Crippen LogP contribution in [0, 0.1) is 5.82 Å². The summed E-state index contributed by atoms with van der Waals surface area (Å²) >= 11 is 0. The normalized spacial score (nSPS) is 12.6. The standard InChI is InChI=1S/C18H14FN5O3/c19-13-8-20-18(24-17(13)21-10-2-1-3-12(25)6-10)22-11-4-5-14-15(7-11)27-9-16(26)23-14/h1-8,25H,9H2,(H,23,26)(H2,20,21,22,24). The quantitative estimate of drug-likeness (QED) is 0.561. The van der Waals surface area contributed by atoms with Crippen LogP contribution in [0.5, 0.6) is 11.5 Å². The van der Waals surface area contributed by atoms with Crippen molar-refractivity contribution in [1.82, 2.24) is 9.97 Å². The zero-order valence-electron chi connectivity index (χ0n) is 13.9. The fourth-order valence-corrected chi connectivity index (χ4v) is 2.52. The summed E-state index contributed by atoms with van der Waals surface area (Å²) in [6.07, 6.45) is 1.04. The van der Waals surface area contributed by atoms with Crippen LogP contribution >= 0.6 is 0 Å². The second-order valence-electron chi connectivity index (χ2n) is 5.74. The van der Waals surface area contributed by atoms with Gasteiger partial charge in [-0.3, -0.25) is 4.79 Å². The number of hydrogen-bond donors (Lipinski definition) is 4. The predicted molar refractivity (Wildman–Crippen MR) is 97.2 cm³/mol. The number of anilines is 5. The van der Waals surface area contributed by atoms with Crippen molar-refractivity contribution in [2.45, 2.75) is 0 Å². The van der Waals surface area contributed by atoms with E-state index in [9.17, 15) is 14.3 Å². The minimum Gasteiger partial charge on any atom is -0.508 e. The molecule has 0 aliphatic carbocycles. The third kappa shape index (κ3) is 3.71. The molecule has 0 radical (unpaired) electrons. The molecule has 136 valence electrons. The SMILES string of the molecule is O=C1COc2cc(Nc3ncc(F)c(Nc4cccc(O)c4)n3)ccc2N1. The smallest absolute Gasteiger partial charge is 0.262 e. The van der Waals surface area contributed by atoms with Crippen LogP contribution in [0.3, 0.4) is 0 Å². The molecular formula is C18H14FN5O3. The number of carbonyl (C=O) groups is 1. The number of amides is 1. The molecule has 0 fully saturated rings. The maximum atomic E-state index is 14.0. The van der Waals surface area contributed by atoms with Gasteiger partial charge in [-0.15, -0.1) is 0 Å². The molecule has 1 aliphatic heterocycles. The Labute approximate surface area is 153 Å². The first-order valence-corrected chi connectivity index (χ1v) is 7.99. The molecule has 1 aliphatic rings. The number of fused-ring (bicyclic) bond motifs is 1. The Kier molecular flexibility index (Phi) is 4.17. The average molecular weight is 367 g/mol. The molecule has 2 aromatic carbocycles. The average Bonchev–Trinajstić information content (AvgIpc) is 2.65. The van der Waals surface area contributed by atoms with Crippen molar-refractivity contribution >= 4 is 34.7 Å². The molecule has 1 aromatic heterocycles. The van der Waals surface area contributed by atoms with E-state index < -0.39 is 5.82 Å². The zero-order valence-corrected chi connectivity index (χ0v) is 13.9. The zero-order chi connectivity index (χ0) is 18.8. The van der Waals surface area contributed by atoms with E-state index in [0.29, 0.717) is 22.8 Å². The molecule has 0 saturated carbocycles. The molecule has 0 bridgehead atoms. The number of ether oxygens (including phenoxy) is 1. The van der Waals surface area contributed by atoms with Gasteiger partial charge in [0.15, 0.2) is 18.2 Å². The summed E-state index contributed by atoms with van der Waals surface area (Å²) in [6, 6.07) is 11.3. The van der Waals surface area contributed by atoms with Crippen LogP contribution < -0.4 is 20.7 Å². The number of halogens is 1. The van der Waals surface area contributed by atoms with Gasteiger partial charge >= 0.3 is 0 Å². The summed E-state index contributed by atoms with van der Waals surface area (Å²) in [5, 5.41) is 18.0. The molecule has 1 amide bonds. The summed E-state index contributed by atoms with van der Waals surface area (Å²) in [5.41, 5.74) is 1.67. The summed E-state index contributed by atoms with van der Waals surface area (Å²) < 4.78 is 19.4.